The van der Waals surface area contributed by atoms with Crippen molar-refractivity contribution in [2.45, 2.75) is 57.2 Å². The third-order valence-electron chi connectivity index (χ3n) is 7.24. The quantitative estimate of drug-likeness (QED) is 0.594. The number of hydrogen-bond acceptors (Lipinski definition) is 4. The van der Waals surface area contributed by atoms with Crippen LogP contribution in [0.15, 0.2) is 65.1 Å². The van der Waals surface area contributed by atoms with Crippen LogP contribution in [0.3, 0.4) is 0 Å². The molecule has 0 radical (unpaired) electrons. The zero-order valence-electron chi connectivity index (χ0n) is 19.7. The summed E-state index contributed by atoms with van der Waals surface area (Å²) in [6, 6.07) is 19.2. The highest BCUT2D eigenvalue weighted by atomic mass is 16.4. The maximum absolute atomic E-state index is 13.6. The molecule has 4 atom stereocenters. The van der Waals surface area contributed by atoms with E-state index in [1.807, 2.05) is 44.2 Å². The van der Waals surface area contributed by atoms with Gasteiger partial charge in [0.15, 0.2) is 5.76 Å². The lowest BCUT2D eigenvalue weighted by molar-refractivity contribution is -0.125. The van der Waals surface area contributed by atoms with E-state index in [0.29, 0.717) is 18.7 Å². The Morgan fingerprint density at radius 2 is 1.85 bits per heavy atom. The molecule has 1 unspecified atom stereocenters. The molecule has 2 amide bonds. The first-order valence-electron chi connectivity index (χ1n) is 12.0. The number of benzene rings is 2. The molecular formula is C28H31N3O3. The van der Waals surface area contributed by atoms with E-state index < -0.39 is 6.04 Å². The Morgan fingerprint density at radius 1 is 1.12 bits per heavy atom. The van der Waals surface area contributed by atoms with Crippen LogP contribution < -0.4 is 11.1 Å². The molecule has 2 aromatic carbocycles. The van der Waals surface area contributed by atoms with Gasteiger partial charge in [-0.1, -0.05) is 54.6 Å². The fourth-order valence-electron chi connectivity index (χ4n) is 5.45. The molecule has 1 saturated heterocycles. The van der Waals surface area contributed by atoms with Gasteiger partial charge in [0.05, 0.1) is 6.04 Å². The molecule has 0 bridgehead atoms. The van der Waals surface area contributed by atoms with Crippen LogP contribution in [0, 0.1) is 6.92 Å². The Hall–Kier alpha value is -3.38. The molecule has 1 aromatic heterocycles. The lowest BCUT2D eigenvalue weighted by atomic mass is 9.96. The molecule has 1 aliphatic heterocycles. The van der Waals surface area contributed by atoms with Crippen molar-refractivity contribution >= 4 is 11.8 Å². The molecule has 6 heteroatoms. The lowest BCUT2D eigenvalue weighted by Gasteiger charge is -2.25. The SMILES string of the molecule is Cc1oc(C(=O)N2C[C@@H](c3ccccc3)C[C@H]2C(=O)N[C@@H]2CCc3ccccc32)cc1C(C)N. The summed E-state index contributed by atoms with van der Waals surface area (Å²) in [7, 11) is 0. The monoisotopic (exact) mass is 457 g/mol. The molecule has 3 aromatic rings. The average Bonchev–Trinajstić information content (AvgIpc) is 3.56. The number of carbonyl (C=O) groups excluding carboxylic acids is 2. The first kappa shape index (κ1) is 22.4. The van der Waals surface area contributed by atoms with Crippen molar-refractivity contribution in [3.63, 3.8) is 0 Å². The molecule has 5 rings (SSSR count). The van der Waals surface area contributed by atoms with Gasteiger partial charge in [-0.2, -0.15) is 0 Å². The van der Waals surface area contributed by atoms with Crippen LogP contribution in [0.2, 0.25) is 0 Å². The van der Waals surface area contributed by atoms with Gasteiger partial charge in [-0.15, -0.1) is 0 Å². The summed E-state index contributed by atoms with van der Waals surface area (Å²) >= 11 is 0. The number of hydrogen-bond donors (Lipinski definition) is 2. The number of likely N-dealkylation sites (tertiary alicyclic amines) is 1. The fraction of sp³-hybridized carbons (Fsp3) is 0.357. The molecule has 176 valence electrons. The van der Waals surface area contributed by atoms with Gasteiger partial charge in [0.2, 0.25) is 5.91 Å². The Morgan fingerprint density at radius 3 is 2.59 bits per heavy atom. The summed E-state index contributed by atoms with van der Waals surface area (Å²) < 4.78 is 5.80. The molecule has 0 spiro atoms. The lowest BCUT2D eigenvalue weighted by Crippen LogP contribution is -2.46. The zero-order valence-corrected chi connectivity index (χ0v) is 19.7. The molecule has 1 fully saturated rings. The first-order chi connectivity index (χ1) is 16.4. The minimum absolute atomic E-state index is 0.0213. The number of rotatable bonds is 5. The minimum Gasteiger partial charge on any atom is -0.456 e. The standard InChI is InChI=1S/C28H31N3O3/c1-17(29)23-15-26(34-18(23)2)28(33)31-16-21(19-8-4-3-5-9-19)14-25(31)27(32)30-24-13-12-20-10-6-7-11-22(20)24/h3-11,15,17,21,24-25H,12-14,16,29H2,1-2H3,(H,30,32)/t17?,21-,24+,25-/m0/s1. The molecule has 1 aliphatic carbocycles. The van der Waals surface area contributed by atoms with Crippen LogP contribution in [-0.2, 0) is 11.2 Å². The second-order valence-corrected chi connectivity index (χ2v) is 9.53. The number of nitrogens with two attached hydrogens (primary N) is 1. The van der Waals surface area contributed by atoms with Crippen LogP contribution in [0.4, 0.5) is 0 Å². The van der Waals surface area contributed by atoms with E-state index in [9.17, 15) is 9.59 Å². The van der Waals surface area contributed by atoms with Crippen LogP contribution in [0.5, 0.6) is 0 Å². The van der Waals surface area contributed by atoms with Crippen molar-refractivity contribution in [2.75, 3.05) is 6.54 Å². The smallest absolute Gasteiger partial charge is 0.290 e. The maximum atomic E-state index is 13.6. The second-order valence-electron chi connectivity index (χ2n) is 9.53. The predicted molar refractivity (Wildman–Crippen MR) is 130 cm³/mol. The Kier molecular flexibility index (Phi) is 6.00. The first-order valence-corrected chi connectivity index (χ1v) is 12.0. The van der Waals surface area contributed by atoms with Gasteiger partial charge >= 0.3 is 0 Å². The van der Waals surface area contributed by atoms with Crippen LogP contribution in [0.1, 0.15) is 76.3 Å². The Labute approximate surface area is 200 Å². The van der Waals surface area contributed by atoms with Crippen molar-refractivity contribution in [3.05, 3.63) is 94.4 Å². The van der Waals surface area contributed by atoms with E-state index in [0.717, 1.165) is 24.0 Å². The summed E-state index contributed by atoms with van der Waals surface area (Å²) in [6.07, 6.45) is 2.41. The zero-order chi connectivity index (χ0) is 23.8. The Bertz CT molecular complexity index is 1200. The number of fused-ring (bicyclic) bond motifs is 1. The van der Waals surface area contributed by atoms with Crippen molar-refractivity contribution in [1.29, 1.82) is 0 Å². The summed E-state index contributed by atoms with van der Waals surface area (Å²) in [4.78, 5) is 28.8. The van der Waals surface area contributed by atoms with E-state index in [1.54, 1.807) is 11.0 Å². The van der Waals surface area contributed by atoms with Gasteiger partial charge in [0.25, 0.3) is 5.91 Å². The molecule has 6 nitrogen and oxygen atoms in total. The highest BCUT2D eigenvalue weighted by Crippen LogP contribution is 2.36. The van der Waals surface area contributed by atoms with Crippen LogP contribution >= 0.6 is 0 Å². The summed E-state index contributed by atoms with van der Waals surface area (Å²) in [5.74, 6) is 0.591. The predicted octanol–water partition coefficient (Wildman–Crippen LogP) is 4.41. The minimum atomic E-state index is -0.561. The van der Waals surface area contributed by atoms with Gasteiger partial charge < -0.3 is 20.4 Å². The third kappa shape index (κ3) is 4.14. The van der Waals surface area contributed by atoms with E-state index in [4.69, 9.17) is 10.2 Å². The van der Waals surface area contributed by atoms with E-state index in [1.165, 1.54) is 11.1 Å². The largest absolute Gasteiger partial charge is 0.456 e. The van der Waals surface area contributed by atoms with Crippen molar-refractivity contribution in [2.24, 2.45) is 5.73 Å². The van der Waals surface area contributed by atoms with E-state index >= 15 is 0 Å². The number of nitrogens with one attached hydrogen (secondary N) is 1. The van der Waals surface area contributed by atoms with Gasteiger partial charge in [0.1, 0.15) is 11.8 Å². The second kappa shape index (κ2) is 9.11. The van der Waals surface area contributed by atoms with Crippen LogP contribution in [0.25, 0.3) is 0 Å². The summed E-state index contributed by atoms with van der Waals surface area (Å²) in [5, 5.41) is 3.24. The van der Waals surface area contributed by atoms with Crippen LogP contribution in [-0.4, -0.2) is 29.3 Å². The van der Waals surface area contributed by atoms with Crippen molar-refractivity contribution in [1.82, 2.24) is 10.2 Å². The normalized spacial score (nSPS) is 22.4. The third-order valence-corrected chi connectivity index (χ3v) is 7.24. The van der Waals surface area contributed by atoms with Crippen molar-refractivity contribution < 1.29 is 14.0 Å². The summed E-state index contributed by atoms with van der Waals surface area (Å²) in [5.41, 5.74) is 10.4. The number of amides is 2. The van der Waals surface area contributed by atoms with E-state index in [-0.39, 0.29) is 35.6 Å². The molecule has 3 N–H and O–H groups in total. The average molecular weight is 458 g/mol. The number of carbonyl (C=O) groups is 2. The van der Waals surface area contributed by atoms with Gasteiger partial charge in [-0.3, -0.25) is 9.59 Å². The summed E-state index contributed by atoms with van der Waals surface area (Å²) in [6.45, 7) is 4.15. The maximum Gasteiger partial charge on any atom is 0.290 e. The van der Waals surface area contributed by atoms with Gasteiger partial charge in [-0.25, -0.2) is 0 Å². The Balaban J connectivity index is 1.41. The highest BCUT2D eigenvalue weighted by molar-refractivity contribution is 5.96. The fourth-order valence-corrected chi connectivity index (χ4v) is 5.45. The molecule has 0 saturated carbocycles. The number of furan rings is 1. The molecule has 34 heavy (non-hydrogen) atoms. The number of aryl methyl sites for hydroxylation is 2. The van der Waals surface area contributed by atoms with Crippen molar-refractivity contribution in [3.8, 4) is 0 Å². The molecule has 2 heterocycles. The number of nitrogens with zero attached hydrogens (tertiary/aromatic N) is 1. The highest BCUT2D eigenvalue weighted by Gasteiger charge is 2.42. The van der Waals surface area contributed by atoms with Gasteiger partial charge in [0, 0.05) is 24.1 Å². The van der Waals surface area contributed by atoms with Gasteiger partial charge in [-0.05, 0) is 55.9 Å². The molecular weight excluding hydrogens is 426 g/mol. The topological polar surface area (TPSA) is 88.6 Å². The van der Waals surface area contributed by atoms with E-state index in [2.05, 4.69) is 29.6 Å². The molecule has 2 aliphatic rings.